The van der Waals surface area contributed by atoms with Gasteiger partial charge in [0.1, 0.15) is 6.04 Å². The van der Waals surface area contributed by atoms with E-state index in [-0.39, 0.29) is 17.6 Å². The molecule has 0 aromatic carbocycles. The van der Waals surface area contributed by atoms with E-state index in [0.717, 1.165) is 32.1 Å². The van der Waals surface area contributed by atoms with Gasteiger partial charge in [0, 0.05) is 5.54 Å². The Kier molecular flexibility index (Phi) is 7.39. The van der Waals surface area contributed by atoms with Crippen LogP contribution in [0.1, 0.15) is 59.8 Å². The molecule has 0 radical (unpaired) electrons. The second-order valence-corrected chi connectivity index (χ2v) is 4.63. The number of esters is 1. The highest BCUT2D eigenvalue weighted by Crippen LogP contribution is 2.16. The normalized spacial score (nSPS) is 13.6. The molecule has 0 aliphatic heterocycles. The zero-order valence-corrected chi connectivity index (χ0v) is 11.4. The van der Waals surface area contributed by atoms with Gasteiger partial charge in [-0.15, -0.1) is 0 Å². The van der Waals surface area contributed by atoms with E-state index in [4.69, 9.17) is 4.74 Å². The van der Waals surface area contributed by atoms with Gasteiger partial charge >= 0.3 is 5.97 Å². The van der Waals surface area contributed by atoms with Crippen LogP contribution >= 0.6 is 0 Å². The molecular weight excluding hydrogens is 202 g/mol. The maximum Gasteiger partial charge on any atom is 0.322 e. The summed E-state index contributed by atoms with van der Waals surface area (Å²) in [5, 5.41) is 3.44. The molecule has 0 spiro atoms. The topological polar surface area (TPSA) is 38.3 Å². The van der Waals surface area contributed by atoms with Crippen molar-refractivity contribution in [3.63, 3.8) is 0 Å². The molecule has 0 aliphatic rings. The van der Waals surface area contributed by atoms with Gasteiger partial charge in [-0.3, -0.25) is 10.1 Å². The summed E-state index contributed by atoms with van der Waals surface area (Å²) >= 11 is 0. The Labute approximate surface area is 99.9 Å². The third-order valence-electron chi connectivity index (χ3n) is 3.42. The molecular formula is C13H27NO2. The molecule has 0 amide bonds. The van der Waals surface area contributed by atoms with Crippen molar-refractivity contribution in [2.45, 2.75) is 71.4 Å². The molecule has 0 aromatic heterocycles. The quantitative estimate of drug-likeness (QED) is 0.650. The van der Waals surface area contributed by atoms with Crippen molar-refractivity contribution >= 4 is 5.97 Å². The fourth-order valence-corrected chi connectivity index (χ4v) is 1.67. The molecule has 16 heavy (non-hydrogen) atoms. The maximum atomic E-state index is 11.6. The molecule has 1 atom stereocenters. The van der Waals surface area contributed by atoms with Crippen molar-refractivity contribution in [3.8, 4) is 0 Å². The molecule has 3 heteroatoms. The zero-order chi connectivity index (χ0) is 12.6. The minimum atomic E-state index is -0.158. The first-order valence-electron chi connectivity index (χ1n) is 6.38. The molecule has 0 heterocycles. The zero-order valence-electron chi connectivity index (χ0n) is 11.4. The standard InChI is InChI=1S/C13H27NO2/c1-6-9-10-11(12(15)16-5)14-13(4,7-2)8-3/h11,14H,6-10H2,1-5H3. The first-order chi connectivity index (χ1) is 7.52. The number of rotatable bonds is 8. The minimum absolute atomic E-state index is 0.0343. The van der Waals surface area contributed by atoms with Crippen LogP contribution in [0.5, 0.6) is 0 Å². The summed E-state index contributed by atoms with van der Waals surface area (Å²) in [6.45, 7) is 8.58. The molecule has 0 bridgehead atoms. The van der Waals surface area contributed by atoms with Gasteiger partial charge in [0.25, 0.3) is 0 Å². The monoisotopic (exact) mass is 229 g/mol. The summed E-state index contributed by atoms with van der Waals surface area (Å²) in [5.41, 5.74) is 0.0343. The first-order valence-corrected chi connectivity index (χ1v) is 6.38. The predicted molar refractivity (Wildman–Crippen MR) is 67.5 cm³/mol. The van der Waals surface area contributed by atoms with Crippen molar-refractivity contribution in [2.75, 3.05) is 7.11 Å². The van der Waals surface area contributed by atoms with E-state index in [2.05, 4.69) is 33.0 Å². The number of nitrogens with one attached hydrogen (secondary N) is 1. The molecule has 3 nitrogen and oxygen atoms in total. The maximum absolute atomic E-state index is 11.6. The van der Waals surface area contributed by atoms with Gasteiger partial charge in [-0.1, -0.05) is 33.6 Å². The van der Waals surface area contributed by atoms with E-state index in [1.54, 1.807) is 0 Å². The highest BCUT2D eigenvalue weighted by atomic mass is 16.5. The van der Waals surface area contributed by atoms with Gasteiger partial charge in [-0.2, -0.15) is 0 Å². The predicted octanol–water partition coefficient (Wildman–Crippen LogP) is 2.89. The molecule has 0 aromatic rings. The Morgan fingerprint density at radius 1 is 1.31 bits per heavy atom. The highest BCUT2D eigenvalue weighted by Gasteiger charge is 2.27. The van der Waals surface area contributed by atoms with Crippen LogP contribution in [0.2, 0.25) is 0 Å². The molecule has 0 saturated heterocycles. The van der Waals surface area contributed by atoms with Crippen molar-refractivity contribution in [1.29, 1.82) is 0 Å². The van der Waals surface area contributed by atoms with Gasteiger partial charge in [-0.05, 0) is 26.2 Å². The summed E-state index contributed by atoms with van der Waals surface area (Å²) < 4.78 is 4.84. The molecule has 1 unspecified atom stereocenters. The van der Waals surface area contributed by atoms with E-state index in [0.29, 0.717) is 0 Å². The summed E-state index contributed by atoms with van der Waals surface area (Å²) in [6, 6.07) is -0.158. The van der Waals surface area contributed by atoms with Crippen LogP contribution in [0.4, 0.5) is 0 Å². The Balaban J connectivity index is 4.45. The van der Waals surface area contributed by atoms with Gasteiger partial charge in [-0.25, -0.2) is 0 Å². The average molecular weight is 229 g/mol. The number of hydrogen-bond acceptors (Lipinski definition) is 3. The second kappa shape index (κ2) is 7.66. The Morgan fingerprint density at radius 2 is 1.88 bits per heavy atom. The first kappa shape index (κ1) is 15.4. The van der Waals surface area contributed by atoms with Crippen molar-refractivity contribution < 1.29 is 9.53 Å². The van der Waals surface area contributed by atoms with E-state index >= 15 is 0 Å². The fourth-order valence-electron chi connectivity index (χ4n) is 1.67. The lowest BCUT2D eigenvalue weighted by molar-refractivity contribution is -0.144. The largest absolute Gasteiger partial charge is 0.468 e. The third kappa shape index (κ3) is 4.97. The van der Waals surface area contributed by atoms with Crippen LogP contribution in [0.3, 0.4) is 0 Å². The van der Waals surface area contributed by atoms with Crippen molar-refractivity contribution in [2.24, 2.45) is 0 Å². The summed E-state index contributed by atoms with van der Waals surface area (Å²) in [6.07, 6.45) is 5.05. The van der Waals surface area contributed by atoms with Crippen LogP contribution < -0.4 is 5.32 Å². The number of unbranched alkanes of at least 4 members (excludes halogenated alkanes) is 1. The van der Waals surface area contributed by atoms with Crippen LogP contribution in [0, 0.1) is 0 Å². The number of methoxy groups -OCH3 is 1. The smallest absolute Gasteiger partial charge is 0.322 e. The minimum Gasteiger partial charge on any atom is -0.468 e. The van der Waals surface area contributed by atoms with Crippen molar-refractivity contribution in [1.82, 2.24) is 5.32 Å². The summed E-state index contributed by atoms with van der Waals surface area (Å²) in [7, 11) is 1.46. The van der Waals surface area contributed by atoms with E-state index in [1.807, 2.05) is 0 Å². The Hall–Kier alpha value is -0.570. The van der Waals surface area contributed by atoms with Gasteiger partial charge in [0.05, 0.1) is 7.11 Å². The molecule has 0 fully saturated rings. The van der Waals surface area contributed by atoms with Crippen LogP contribution in [-0.2, 0) is 9.53 Å². The second-order valence-electron chi connectivity index (χ2n) is 4.63. The number of carbonyl (C=O) groups excluding carboxylic acids is 1. The lowest BCUT2D eigenvalue weighted by atomic mass is 9.93. The molecule has 0 aliphatic carbocycles. The SMILES string of the molecule is CCCCC(NC(C)(CC)CC)C(=O)OC. The fraction of sp³-hybridized carbons (Fsp3) is 0.923. The van der Waals surface area contributed by atoms with E-state index in [1.165, 1.54) is 7.11 Å². The summed E-state index contributed by atoms with van der Waals surface area (Å²) in [5.74, 6) is -0.137. The number of hydrogen-bond donors (Lipinski definition) is 1. The van der Waals surface area contributed by atoms with Gasteiger partial charge < -0.3 is 4.74 Å². The Bertz CT molecular complexity index is 200. The van der Waals surface area contributed by atoms with Crippen molar-refractivity contribution in [3.05, 3.63) is 0 Å². The number of ether oxygens (including phenoxy) is 1. The van der Waals surface area contributed by atoms with E-state index < -0.39 is 0 Å². The molecule has 96 valence electrons. The number of carbonyl (C=O) groups is 1. The third-order valence-corrected chi connectivity index (χ3v) is 3.42. The van der Waals surface area contributed by atoms with E-state index in [9.17, 15) is 4.79 Å². The molecule has 1 N–H and O–H groups in total. The summed E-state index contributed by atoms with van der Waals surface area (Å²) in [4.78, 5) is 11.6. The lowest BCUT2D eigenvalue weighted by Crippen LogP contribution is -2.51. The molecule has 0 saturated carbocycles. The van der Waals surface area contributed by atoms with Crippen LogP contribution in [-0.4, -0.2) is 24.7 Å². The average Bonchev–Trinajstić information content (AvgIpc) is 2.33. The van der Waals surface area contributed by atoms with Crippen LogP contribution in [0.25, 0.3) is 0 Å². The van der Waals surface area contributed by atoms with Gasteiger partial charge in [0.15, 0.2) is 0 Å². The molecule has 0 rings (SSSR count). The highest BCUT2D eigenvalue weighted by molar-refractivity contribution is 5.75. The Morgan fingerprint density at radius 3 is 2.25 bits per heavy atom. The van der Waals surface area contributed by atoms with Gasteiger partial charge in [0.2, 0.25) is 0 Å². The van der Waals surface area contributed by atoms with Crippen LogP contribution in [0.15, 0.2) is 0 Å². The lowest BCUT2D eigenvalue weighted by Gasteiger charge is -2.32.